The number of alkyl halides is 3. The summed E-state index contributed by atoms with van der Waals surface area (Å²) in [5.74, 6) is -0.943. The maximum Gasteiger partial charge on any atom is 0.411 e. The quantitative estimate of drug-likeness (QED) is 0.733. The molecule has 0 unspecified atom stereocenters. The lowest BCUT2D eigenvalue weighted by atomic mass is 10.2. The zero-order chi connectivity index (χ0) is 12.8. The minimum absolute atomic E-state index is 0.0273. The van der Waals surface area contributed by atoms with Gasteiger partial charge in [0.1, 0.15) is 11.1 Å². The number of nitrogens with zero attached hydrogens (tertiary/aromatic N) is 1. The second-order valence-electron chi connectivity index (χ2n) is 4.14. The predicted octanol–water partition coefficient (Wildman–Crippen LogP) is 1.13. The monoisotopic (exact) mass is 248 g/mol. The molecule has 0 spiro atoms. The van der Waals surface area contributed by atoms with Crippen LogP contribution in [0.15, 0.2) is 0 Å². The number of aromatic amines is 1. The Balaban J connectivity index is 2.19. The van der Waals surface area contributed by atoms with Gasteiger partial charge in [0.15, 0.2) is 5.82 Å². The van der Waals surface area contributed by atoms with Crippen LogP contribution in [-0.2, 0) is 0 Å². The largest absolute Gasteiger partial charge is 0.411 e. The highest BCUT2D eigenvalue weighted by Gasteiger charge is 2.64. The van der Waals surface area contributed by atoms with Gasteiger partial charge in [-0.05, 0) is 19.8 Å². The van der Waals surface area contributed by atoms with Crippen molar-refractivity contribution in [2.45, 2.75) is 31.5 Å². The second kappa shape index (κ2) is 3.38. The summed E-state index contributed by atoms with van der Waals surface area (Å²) in [6.07, 6.45) is -4.63. The van der Waals surface area contributed by atoms with Crippen molar-refractivity contribution in [2.75, 3.05) is 5.73 Å². The van der Waals surface area contributed by atoms with Gasteiger partial charge < -0.3 is 11.1 Å². The van der Waals surface area contributed by atoms with Crippen molar-refractivity contribution in [3.8, 4) is 0 Å². The Bertz CT molecular complexity index is 442. The summed E-state index contributed by atoms with van der Waals surface area (Å²) >= 11 is 0. The van der Waals surface area contributed by atoms with Crippen LogP contribution in [0.1, 0.15) is 28.9 Å². The first-order chi connectivity index (χ1) is 7.77. The number of anilines is 1. The third-order valence-corrected chi connectivity index (χ3v) is 2.85. The Labute approximate surface area is 94.6 Å². The molecular formula is C9H11F3N4O. The number of aryl methyl sites for hydroxylation is 1. The Kier molecular flexibility index (Phi) is 2.33. The number of aromatic nitrogens is 2. The molecule has 1 amide bonds. The number of carbonyl (C=O) groups is 1. The van der Waals surface area contributed by atoms with Crippen molar-refractivity contribution in [1.82, 2.24) is 15.5 Å². The van der Waals surface area contributed by atoms with Gasteiger partial charge in [0.2, 0.25) is 0 Å². The van der Waals surface area contributed by atoms with E-state index in [1.54, 1.807) is 0 Å². The van der Waals surface area contributed by atoms with Crippen molar-refractivity contribution < 1.29 is 18.0 Å². The van der Waals surface area contributed by atoms with E-state index in [-0.39, 0.29) is 24.2 Å². The van der Waals surface area contributed by atoms with Crippen LogP contribution in [0, 0.1) is 6.92 Å². The van der Waals surface area contributed by atoms with E-state index in [9.17, 15) is 18.0 Å². The van der Waals surface area contributed by atoms with Crippen molar-refractivity contribution in [1.29, 1.82) is 0 Å². The van der Waals surface area contributed by atoms with Crippen LogP contribution in [0.25, 0.3) is 0 Å². The highest BCUT2D eigenvalue weighted by Crippen LogP contribution is 2.49. The lowest BCUT2D eigenvalue weighted by Crippen LogP contribution is -2.48. The third-order valence-electron chi connectivity index (χ3n) is 2.85. The predicted molar refractivity (Wildman–Crippen MR) is 53.2 cm³/mol. The van der Waals surface area contributed by atoms with E-state index in [0.717, 1.165) is 0 Å². The Morgan fingerprint density at radius 3 is 2.47 bits per heavy atom. The van der Waals surface area contributed by atoms with Gasteiger partial charge in [0, 0.05) is 5.69 Å². The van der Waals surface area contributed by atoms with E-state index in [4.69, 9.17) is 5.73 Å². The van der Waals surface area contributed by atoms with Gasteiger partial charge in [0.25, 0.3) is 5.91 Å². The molecule has 1 aliphatic carbocycles. The normalized spacial score (nSPS) is 17.9. The van der Waals surface area contributed by atoms with E-state index in [1.165, 1.54) is 6.92 Å². The molecule has 8 heteroatoms. The lowest BCUT2D eigenvalue weighted by molar-refractivity contribution is -0.163. The van der Waals surface area contributed by atoms with Gasteiger partial charge in [0.05, 0.1) is 0 Å². The number of nitrogen functional groups attached to an aromatic ring is 1. The summed E-state index contributed by atoms with van der Waals surface area (Å²) < 4.78 is 37.9. The molecule has 0 radical (unpaired) electrons. The standard InChI is InChI=1S/C9H11F3N4O/c1-4-5(6(13)16-15-4)7(17)14-8(2-3-8)9(10,11)12/h2-3H2,1H3,(H,14,17)(H3,13,15,16). The SMILES string of the molecule is Cc1[nH]nc(N)c1C(=O)NC1(C(F)(F)F)CC1. The van der Waals surface area contributed by atoms with E-state index >= 15 is 0 Å². The maximum atomic E-state index is 12.6. The molecule has 5 nitrogen and oxygen atoms in total. The zero-order valence-electron chi connectivity index (χ0n) is 8.98. The fraction of sp³-hybridized carbons (Fsp3) is 0.556. The molecule has 1 heterocycles. The summed E-state index contributed by atoms with van der Waals surface area (Å²) in [5, 5.41) is 7.99. The first-order valence-corrected chi connectivity index (χ1v) is 4.96. The van der Waals surface area contributed by atoms with Gasteiger partial charge >= 0.3 is 6.18 Å². The molecule has 0 saturated heterocycles. The second-order valence-corrected chi connectivity index (χ2v) is 4.14. The molecule has 0 bridgehead atoms. The Morgan fingerprint density at radius 2 is 2.12 bits per heavy atom. The first kappa shape index (κ1) is 11.7. The number of H-pyrrole nitrogens is 1. The topological polar surface area (TPSA) is 83.8 Å². The van der Waals surface area contributed by atoms with Gasteiger partial charge in [-0.2, -0.15) is 18.3 Å². The van der Waals surface area contributed by atoms with E-state index in [1.807, 2.05) is 5.32 Å². The Morgan fingerprint density at radius 1 is 1.53 bits per heavy atom. The summed E-state index contributed by atoms with van der Waals surface area (Å²) in [4.78, 5) is 11.7. The molecule has 1 aromatic heterocycles. The zero-order valence-corrected chi connectivity index (χ0v) is 8.98. The van der Waals surface area contributed by atoms with Gasteiger partial charge in [-0.25, -0.2) is 0 Å². The van der Waals surface area contributed by atoms with Gasteiger partial charge in [-0.15, -0.1) is 0 Å². The lowest BCUT2D eigenvalue weighted by Gasteiger charge is -2.20. The average Bonchev–Trinajstić information content (AvgIpc) is 2.88. The minimum Gasteiger partial charge on any atom is -0.382 e. The van der Waals surface area contributed by atoms with Crippen LogP contribution in [0.2, 0.25) is 0 Å². The summed E-state index contributed by atoms with van der Waals surface area (Å²) in [6, 6.07) is 0. The minimum atomic E-state index is -4.44. The van der Waals surface area contributed by atoms with Crippen LogP contribution in [0.5, 0.6) is 0 Å². The molecule has 2 rings (SSSR count). The van der Waals surface area contributed by atoms with Crippen LogP contribution in [0.4, 0.5) is 19.0 Å². The molecule has 17 heavy (non-hydrogen) atoms. The number of halogens is 3. The first-order valence-electron chi connectivity index (χ1n) is 4.96. The van der Waals surface area contributed by atoms with Gasteiger partial charge in [-0.1, -0.05) is 0 Å². The Hall–Kier alpha value is -1.73. The number of hydrogen-bond acceptors (Lipinski definition) is 3. The summed E-state index contributed by atoms with van der Waals surface area (Å²) in [5.41, 5.74) is 3.64. The molecule has 1 aliphatic rings. The van der Waals surface area contributed by atoms with Crippen molar-refractivity contribution in [3.05, 3.63) is 11.3 Å². The number of rotatable bonds is 2. The van der Waals surface area contributed by atoms with E-state index in [2.05, 4.69) is 10.2 Å². The maximum absolute atomic E-state index is 12.6. The molecule has 1 fully saturated rings. The smallest absolute Gasteiger partial charge is 0.382 e. The molecule has 1 saturated carbocycles. The molecule has 0 atom stereocenters. The molecular weight excluding hydrogens is 237 g/mol. The highest BCUT2D eigenvalue weighted by atomic mass is 19.4. The summed E-state index contributed by atoms with van der Waals surface area (Å²) in [7, 11) is 0. The average molecular weight is 248 g/mol. The molecule has 94 valence electrons. The van der Waals surface area contributed by atoms with Crippen LogP contribution >= 0.6 is 0 Å². The van der Waals surface area contributed by atoms with E-state index < -0.39 is 17.6 Å². The van der Waals surface area contributed by atoms with Crippen LogP contribution in [0.3, 0.4) is 0 Å². The van der Waals surface area contributed by atoms with Crippen LogP contribution in [-0.4, -0.2) is 27.8 Å². The number of amides is 1. The molecule has 4 N–H and O–H groups in total. The summed E-state index contributed by atoms with van der Waals surface area (Å²) in [6.45, 7) is 1.52. The molecule has 0 aromatic carbocycles. The fourth-order valence-electron chi connectivity index (χ4n) is 1.62. The van der Waals surface area contributed by atoms with Crippen molar-refractivity contribution in [3.63, 3.8) is 0 Å². The molecule has 0 aliphatic heterocycles. The fourth-order valence-corrected chi connectivity index (χ4v) is 1.62. The highest BCUT2D eigenvalue weighted by molar-refractivity contribution is 6.00. The number of hydrogen-bond donors (Lipinski definition) is 3. The van der Waals surface area contributed by atoms with E-state index in [0.29, 0.717) is 5.69 Å². The van der Waals surface area contributed by atoms with Gasteiger partial charge in [-0.3, -0.25) is 9.89 Å². The van der Waals surface area contributed by atoms with Crippen molar-refractivity contribution in [2.24, 2.45) is 0 Å². The third kappa shape index (κ3) is 1.83. The number of carbonyl (C=O) groups excluding carboxylic acids is 1. The number of nitrogens with two attached hydrogens (primary N) is 1. The van der Waals surface area contributed by atoms with Crippen molar-refractivity contribution >= 4 is 11.7 Å². The van der Waals surface area contributed by atoms with Crippen LogP contribution < -0.4 is 11.1 Å². The molecule has 1 aromatic rings. The number of nitrogens with one attached hydrogen (secondary N) is 2.